The summed E-state index contributed by atoms with van der Waals surface area (Å²) in [5.74, 6) is -0.0959. The predicted molar refractivity (Wildman–Crippen MR) is 80.4 cm³/mol. The second kappa shape index (κ2) is 6.23. The van der Waals surface area contributed by atoms with E-state index in [1.165, 1.54) is 30.4 Å². The Bertz CT molecular complexity index is 454. The van der Waals surface area contributed by atoms with Crippen molar-refractivity contribution in [2.24, 2.45) is 0 Å². The molecule has 1 aliphatic carbocycles. The fraction of sp³-hybridized carbons (Fsp3) is 0.647. The minimum Gasteiger partial charge on any atom is -0.313 e. The van der Waals surface area contributed by atoms with Crippen molar-refractivity contribution in [3.05, 3.63) is 35.1 Å². The van der Waals surface area contributed by atoms with Gasteiger partial charge in [-0.1, -0.05) is 19.4 Å². The molecule has 2 atom stereocenters. The molecule has 2 nitrogen and oxygen atoms in total. The van der Waals surface area contributed by atoms with Gasteiger partial charge in [0.25, 0.3) is 0 Å². The van der Waals surface area contributed by atoms with Crippen molar-refractivity contribution in [3.8, 4) is 0 Å². The molecule has 1 heterocycles. The van der Waals surface area contributed by atoms with Crippen molar-refractivity contribution >= 4 is 0 Å². The van der Waals surface area contributed by atoms with Gasteiger partial charge in [0.05, 0.1) is 0 Å². The summed E-state index contributed by atoms with van der Waals surface area (Å²) in [7, 11) is 0. The molecule has 2 aliphatic rings. The lowest BCUT2D eigenvalue weighted by Crippen LogP contribution is -2.44. The van der Waals surface area contributed by atoms with Crippen molar-refractivity contribution in [3.63, 3.8) is 0 Å². The van der Waals surface area contributed by atoms with Crippen LogP contribution < -0.4 is 5.32 Å². The molecule has 0 aromatic heterocycles. The van der Waals surface area contributed by atoms with Crippen LogP contribution in [0.2, 0.25) is 0 Å². The first kappa shape index (κ1) is 14.0. The van der Waals surface area contributed by atoms with Gasteiger partial charge in [0.15, 0.2) is 0 Å². The third-order valence-electron chi connectivity index (χ3n) is 4.87. The molecule has 1 N–H and O–H groups in total. The number of halogens is 1. The average Bonchev–Trinajstić information content (AvgIpc) is 2.88. The van der Waals surface area contributed by atoms with Gasteiger partial charge < -0.3 is 5.32 Å². The second-order valence-electron chi connectivity index (χ2n) is 6.13. The van der Waals surface area contributed by atoms with Crippen LogP contribution in [0.3, 0.4) is 0 Å². The third kappa shape index (κ3) is 2.89. The van der Waals surface area contributed by atoms with Gasteiger partial charge in [-0.25, -0.2) is 4.39 Å². The van der Waals surface area contributed by atoms with Crippen molar-refractivity contribution in [2.75, 3.05) is 19.6 Å². The van der Waals surface area contributed by atoms with E-state index in [4.69, 9.17) is 0 Å². The zero-order valence-corrected chi connectivity index (χ0v) is 12.4. The molecule has 0 radical (unpaired) electrons. The summed E-state index contributed by atoms with van der Waals surface area (Å²) in [6.45, 7) is 5.59. The number of piperidine rings is 1. The number of likely N-dealkylation sites (N-methyl/N-ethyl adjacent to an activating group) is 1. The molecule has 1 aliphatic heterocycles. The quantitative estimate of drug-likeness (QED) is 0.908. The zero-order valence-electron chi connectivity index (χ0n) is 12.4. The highest BCUT2D eigenvalue weighted by Gasteiger charge is 2.29. The molecule has 1 aromatic rings. The molecule has 110 valence electrons. The monoisotopic (exact) mass is 276 g/mol. The molecule has 0 spiro atoms. The fourth-order valence-electron chi connectivity index (χ4n) is 3.78. The van der Waals surface area contributed by atoms with Gasteiger partial charge in [0.2, 0.25) is 0 Å². The van der Waals surface area contributed by atoms with E-state index < -0.39 is 0 Å². The van der Waals surface area contributed by atoms with E-state index in [-0.39, 0.29) is 5.82 Å². The van der Waals surface area contributed by atoms with Crippen LogP contribution in [0.1, 0.15) is 49.8 Å². The minimum atomic E-state index is -0.0959. The highest BCUT2D eigenvalue weighted by Crippen LogP contribution is 2.36. The van der Waals surface area contributed by atoms with E-state index in [1.54, 1.807) is 12.1 Å². The van der Waals surface area contributed by atoms with Crippen LogP contribution in [0.4, 0.5) is 4.39 Å². The lowest BCUT2D eigenvalue weighted by Gasteiger charge is -2.34. The molecule has 1 aromatic carbocycles. The van der Waals surface area contributed by atoms with Gasteiger partial charge in [-0.3, -0.25) is 4.90 Å². The lowest BCUT2D eigenvalue weighted by molar-refractivity contribution is 0.173. The maximum Gasteiger partial charge on any atom is 0.123 e. The molecule has 0 bridgehead atoms. The number of benzene rings is 1. The number of hydrogen-bond acceptors (Lipinski definition) is 2. The van der Waals surface area contributed by atoms with Gasteiger partial charge in [0.1, 0.15) is 5.82 Å². The normalized spacial score (nSPS) is 25.9. The molecule has 1 saturated heterocycles. The van der Waals surface area contributed by atoms with Crippen molar-refractivity contribution < 1.29 is 4.39 Å². The number of nitrogens with one attached hydrogen (secondary N) is 1. The maximum absolute atomic E-state index is 13.3. The molecule has 3 rings (SSSR count). The average molecular weight is 276 g/mol. The summed E-state index contributed by atoms with van der Waals surface area (Å²) < 4.78 is 13.3. The number of rotatable bonds is 4. The van der Waals surface area contributed by atoms with Crippen LogP contribution in [0.5, 0.6) is 0 Å². The summed E-state index contributed by atoms with van der Waals surface area (Å²) in [6, 6.07) is 6.46. The van der Waals surface area contributed by atoms with Crippen LogP contribution in [0.15, 0.2) is 18.2 Å². The molecular formula is C17H25FN2. The largest absolute Gasteiger partial charge is 0.313 e. The number of hydrogen-bond donors (Lipinski definition) is 1. The van der Waals surface area contributed by atoms with E-state index in [9.17, 15) is 4.39 Å². The van der Waals surface area contributed by atoms with E-state index >= 15 is 0 Å². The van der Waals surface area contributed by atoms with E-state index in [2.05, 4.69) is 17.1 Å². The number of nitrogens with zero attached hydrogens (tertiary/aromatic N) is 1. The zero-order chi connectivity index (χ0) is 13.9. The Morgan fingerprint density at radius 1 is 1.30 bits per heavy atom. The van der Waals surface area contributed by atoms with Crippen molar-refractivity contribution in [1.29, 1.82) is 0 Å². The molecule has 2 unspecified atom stereocenters. The Labute approximate surface area is 121 Å². The number of aryl methyl sites for hydroxylation is 1. The Morgan fingerprint density at radius 2 is 2.20 bits per heavy atom. The Balaban J connectivity index is 1.71. The van der Waals surface area contributed by atoms with Crippen LogP contribution in [0.25, 0.3) is 0 Å². The van der Waals surface area contributed by atoms with Gasteiger partial charge in [0, 0.05) is 18.6 Å². The predicted octanol–water partition coefficient (Wildman–Crippen LogP) is 3.28. The summed E-state index contributed by atoms with van der Waals surface area (Å²) >= 11 is 0. The number of fused-ring (bicyclic) bond motifs is 1. The minimum absolute atomic E-state index is 0.0959. The van der Waals surface area contributed by atoms with Crippen LogP contribution in [-0.2, 0) is 6.42 Å². The SMILES string of the molecule is CCN(CC1CCCCN1)C1CCc2cc(F)ccc21. The second-order valence-corrected chi connectivity index (χ2v) is 6.13. The maximum atomic E-state index is 13.3. The molecule has 20 heavy (non-hydrogen) atoms. The topological polar surface area (TPSA) is 15.3 Å². The summed E-state index contributed by atoms with van der Waals surface area (Å²) in [6.07, 6.45) is 6.11. The Kier molecular flexibility index (Phi) is 4.37. The van der Waals surface area contributed by atoms with Crippen molar-refractivity contribution in [1.82, 2.24) is 10.2 Å². The van der Waals surface area contributed by atoms with Gasteiger partial charge in [-0.15, -0.1) is 0 Å². The first-order valence-electron chi connectivity index (χ1n) is 8.03. The van der Waals surface area contributed by atoms with Crippen LogP contribution in [0, 0.1) is 5.82 Å². The molecule has 1 fully saturated rings. The van der Waals surface area contributed by atoms with Gasteiger partial charge >= 0.3 is 0 Å². The van der Waals surface area contributed by atoms with Gasteiger partial charge in [-0.05, 0) is 62.0 Å². The molecular weight excluding hydrogens is 251 g/mol. The first-order valence-corrected chi connectivity index (χ1v) is 8.03. The highest BCUT2D eigenvalue weighted by molar-refractivity contribution is 5.35. The Morgan fingerprint density at radius 3 is 2.95 bits per heavy atom. The summed E-state index contributed by atoms with van der Waals surface area (Å²) in [5.41, 5.74) is 2.56. The van der Waals surface area contributed by atoms with Crippen LogP contribution >= 0.6 is 0 Å². The summed E-state index contributed by atoms with van der Waals surface area (Å²) in [5, 5.41) is 3.64. The third-order valence-corrected chi connectivity index (χ3v) is 4.87. The first-order chi connectivity index (χ1) is 9.78. The highest BCUT2D eigenvalue weighted by atomic mass is 19.1. The summed E-state index contributed by atoms with van der Waals surface area (Å²) in [4.78, 5) is 2.58. The molecule has 0 amide bonds. The smallest absolute Gasteiger partial charge is 0.123 e. The standard InChI is InChI=1S/C17H25FN2/c1-2-20(12-15-5-3-4-10-19-15)17-9-6-13-11-14(18)7-8-16(13)17/h7-8,11,15,17,19H,2-6,9-10,12H2,1H3. The fourth-order valence-corrected chi connectivity index (χ4v) is 3.78. The lowest BCUT2D eigenvalue weighted by atomic mass is 10.0. The van der Waals surface area contributed by atoms with E-state index in [1.807, 2.05) is 6.07 Å². The molecule has 3 heteroatoms. The van der Waals surface area contributed by atoms with Gasteiger partial charge in [-0.2, -0.15) is 0 Å². The van der Waals surface area contributed by atoms with E-state index in [0.29, 0.717) is 12.1 Å². The van der Waals surface area contributed by atoms with Crippen LogP contribution in [-0.4, -0.2) is 30.6 Å². The van der Waals surface area contributed by atoms with E-state index in [0.717, 1.165) is 32.5 Å². The Hall–Kier alpha value is -0.930. The van der Waals surface area contributed by atoms with Crippen molar-refractivity contribution in [2.45, 2.75) is 51.1 Å². The molecule has 0 saturated carbocycles.